The van der Waals surface area contributed by atoms with Crippen molar-refractivity contribution in [1.82, 2.24) is 14.5 Å². The second kappa shape index (κ2) is 8.51. The van der Waals surface area contributed by atoms with E-state index in [1.807, 2.05) is 53.9 Å². The summed E-state index contributed by atoms with van der Waals surface area (Å²) in [6.45, 7) is 4.44. The van der Waals surface area contributed by atoms with Gasteiger partial charge in [-0.05, 0) is 30.7 Å². The van der Waals surface area contributed by atoms with Crippen LogP contribution in [-0.4, -0.2) is 46.7 Å². The van der Waals surface area contributed by atoms with Crippen molar-refractivity contribution in [3.63, 3.8) is 0 Å². The highest BCUT2D eigenvalue weighted by atomic mass is 79.9. The maximum atomic E-state index is 13.0. The first-order valence-corrected chi connectivity index (χ1v) is 9.68. The molecule has 8 heteroatoms. The molecule has 0 unspecified atom stereocenters. The average molecular weight is 466 g/mol. The number of aromatic nitrogens is 2. The van der Waals surface area contributed by atoms with Gasteiger partial charge in [0.15, 0.2) is 0 Å². The van der Waals surface area contributed by atoms with Crippen LogP contribution in [0.3, 0.4) is 0 Å². The molecule has 1 aliphatic rings. The predicted octanol–water partition coefficient (Wildman–Crippen LogP) is 4.28. The molecular weight excluding hydrogens is 444 g/mol. The van der Waals surface area contributed by atoms with Crippen molar-refractivity contribution < 1.29 is 9.53 Å². The number of pyridine rings is 1. The first-order chi connectivity index (χ1) is 13.0. The Balaban J connectivity index is 0.00000225. The number of carbonyl (C=O) groups is 1. The van der Waals surface area contributed by atoms with E-state index in [-0.39, 0.29) is 18.3 Å². The van der Waals surface area contributed by atoms with Crippen LogP contribution >= 0.6 is 28.3 Å². The number of ether oxygens (including phenoxy) is 1. The number of amides is 1. The molecule has 2 aromatic heterocycles. The van der Waals surface area contributed by atoms with E-state index in [9.17, 15) is 4.79 Å². The molecule has 1 saturated heterocycles. The molecule has 0 saturated carbocycles. The summed E-state index contributed by atoms with van der Waals surface area (Å²) in [5, 5.41) is 4.30. The van der Waals surface area contributed by atoms with Gasteiger partial charge in [-0.1, -0.05) is 22.0 Å². The highest BCUT2D eigenvalue weighted by molar-refractivity contribution is 9.10. The molecule has 0 aliphatic carbocycles. The fraction of sp³-hybridized carbons (Fsp3) is 0.300. The Morgan fingerprint density at radius 3 is 2.71 bits per heavy atom. The maximum absolute atomic E-state index is 13.0. The van der Waals surface area contributed by atoms with Crippen LogP contribution in [0.25, 0.3) is 10.9 Å². The van der Waals surface area contributed by atoms with Gasteiger partial charge in [-0.3, -0.25) is 4.79 Å². The second-order valence-corrected chi connectivity index (χ2v) is 7.56. The van der Waals surface area contributed by atoms with Gasteiger partial charge in [0.25, 0.3) is 5.91 Å². The van der Waals surface area contributed by atoms with Crippen LogP contribution in [0.1, 0.15) is 15.9 Å². The van der Waals surface area contributed by atoms with Gasteiger partial charge in [-0.2, -0.15) is 0 Å². The SMILES string of the molecule is Cc1ccc(Nc2ncc(C(=O)N3CCOCC3)c3c2ccn3C)cc1Br.Cl. The lowest BCUT2D eigenvalue weighted by atomic mass is 10.1. The van der Waals surface area contributed by atoms with E-state index in [1.165, 1.54) is 5.56 Å². The average Bonchev–Trinajstić information content (AvgIpc) is 3.08. The van der Waals surface area contributed by atoms with E-state index < -0.39 is 0 Å². The van der Waals surface area contributed by atoms with Gasteiger partial charge in [0.1, 0.15) is 5.82 Å². The van der Waals surface area contributed by atoms with Gasteiger partial charge in [0.05, 0.1) is 24.3 Å². The third-order valence-electron chi connectivity index (χ3n) is 4.87. The minimum atomic E-state index is 0. The normalized spacial score (nSPS) is 14.0. The Labute approximate surface area is 178 Å². The van der Waals surface area contributed by atoms with Crippen LogP contribution in [0, 0.1) is 6.92 Å². The second-order valence-electron chi connectivity index (χ2n) is 6.70. The lowest BCUT2D eigenvalue weighted by Gasteiger charge is -2.27. The number of morpholine rings is 1. The number of halogens is 2. The van der Waals surface area contributed by atoms with Gasteiger partial charge < -0.3 is 19.5 Å². The summed E-state index contributed by atoms with van der Waals surface area (Å²) in [6, 6.07) is 8.08. The number of benzene rings is 1. The van der Waals surface area contributed by atoms with Gasteiger partial charge in [-0.25, -0.2) is 4.98 Å². The van der Waals surface area contributed by atoms with Gasteiger partial charge in [-0.15, -0.1) is 12.4 Å². The molecule has 1 amide bonds. The van der Waals surface area contributed by atoms with Crippen LogP contribution < -0.4 is 5.32 Å². The summed E-state index contributed by atoms with van der Waals surface area (Å²) in [4.78, 5) is 19.4. The Bertz CT molecular complexity index is 1010. The Morgan fingerprint density at radius 2 is 2.00 bits per heavy atom. The lowest BCUT2D eigenvalue weighted by molar-refractivity contribution is 0.0303. The number of hydrogen-bond donors (Lipinski definition) is 1. The number of anilines is 2. The number of carbonyl (C=O) groups excluding carboxylic acids is 1. The van der Waals surface area contributed by atoms with Crippen molar-refractivity contribution in [2.75, 3.05) is 31.6 Å². The quantitative estimate of drug-likeness (QED) is 0.627. The standard InChI is InChI=1S/C20H21BrN4O2.ClH/c1-13-3-4-14(11-17(13)21)23-19-15-5-6-24(2)18(15)16(12-22-19)20(26)25-7-9-27-10-8-25;/h3-6,11-12H,7-10H2,1-2H3,(H,22,23);1H. The van der Waals surface area contributed by atoms with Crippen molar-refractivity contribution in [2.45, 2.75) is 6.92 Å². The fourth-order valence-electron chi connectivity index (χ4n) is 3.32. The molecule has 0 spiro atoms. The zero-order valence-electron chi connectivity index (χ0n) is 15.7. The first-order valence-electron chi connectivity index (χ1n) is 8.89. The summed E-state index contributed by atoms with van der Waals surface area (Å²) < 4.78 is 8.37. The van der Waals surface area contributed by atoms with Crippen LogP contribution in [0.5, 0.6) is 0 Å². The lowest BCUT2D eigenvalue weighted by Crippen LogP contribution is -2.40. The molecule has 1 aliphatic heterocycles. The zero-order valence-corrected chi connectivity index (χ0v) is 18.1. The molecule has 6 nitrogen and oxygen atoms in total. The maximum Gasteiger partial charge on any atom is 0.257 e. The summed E-state index contributed by atoms with van der Waals surface area (Å²) in [7, 11) is 1.95. The van der Waals surface area contributed by atoms with E-state index in [0.29, 0.717) is 31.9 Å². The molecule has 1 fully saturated rings. The Kier molecular flexibility index (Phi) is 6.27. The molecule has 0 radical (unpaired) electrons. The Hall–Kier alpha value is -2.09. The molecule has 0 atom stereocenters. The van der Waals surface area contributed by atoms with Gasteiger partial charge in [0, 0.05) is 48.1 Å². The fourth-order valence-corrected chi connectivity index (χ4v) is 3.69. The van der Waals surface area contributed by atoms with Crippen LogP contribution in [0.15, 0.2) is 41.1 Å². The summed E-state index contributed by atoms with van der Waals surface area (Å²) in [5.41, 5.74) is 3.62. The molecule has 28 heavy (non-hydrogen) atoms. The van der Waals surface area contributed by atoms with Gasteiger partial charge in [0.2, 0.25) is 0 Å². The molecular formula is C20H22BrClN4O2. The summed E-state index contributed by atoms with van der Waals surface area (Å²) >= 11 is 3.56. The topological polar surface area (TPSA) is 59.4 Å². The minimum Gasteiger partial charge on any atom is -0.378 e. The van der Waals surface area contributed by atoms with E-state index in [0.717, 1.165) is 26.9 Å². The summed E-state index contributed by atoms with van der Waals surface area (Å²) in [5.74, 6) is 0.738. The van der Waals surface area contributed by atoms with Crippen LogP contribution in [-0.2, 0) is 11.8 Å². The number of nitrogens with one attached hydrogen (secondary N) is 1. The van der Waals surface area contributed by atoms with Crippen molar-refractivity contribution in [3.05, 3.63) is 52.3 Å². The molecule has 3 aromatic rings. The molecule has 3 heterocycles. The highest BCUT2D eigenvalue weighted by Gasteiger charge is 2.23. The Morgan fingerprint density at radius 1 is 1.25 bits per heavy atom. The zero-order chi connectivity index (χ0) is 19.0. The number of aryl methyl sites for hydroxylation is 2. The van der Waals surface area contributed by atoms with E-state index >= 15 is 0 Å². The monoisotopic (exact) mass is 464 g/mol. The van der Waals surface area contributed by atoms with Gasteiger partial charge >= 0.3 is 0 Å². The number of fused-ring (bicyclic) bond motifs is 1. The number of rotatable bonds is 3. The van der Waals surface area contributed by atoms with Crippen molar-refractivity contribution in [1.29, 1.82) is 0 Å². The van der Waals surface area contributed by atoms with Crippen molar-refractivity contribution >= 4 is 56.7 Å². The minimum absolute atomic E-state index is 0. The number of hydrogen-bond acceptors (Lipinski definition) is 4. The summed E-state index contributed by atoms with van der Waals surface area (Å²) in [6.07, 6.45) is 3.63. The van der Waals surface area contributed by atoms with Crippen LogP contribution in [0.4, 0.5) is 11.5 Å². The molecule has 0 bridgehead atoms. The van der Waals surface area contributed by atoms with E-state index in [4.69, 9.17) is 4.74 Å². The van der Waals surface area contributed by atoms with E-state index in [1.54, 1.807) is 6.20 Å². The largest absolute Gasteiger partial charge is 0.378 e. The molecule has 148 valence electrons. The van der Waals surface area contributed by atoms with Crippen molar-refractivity contribution in [3.8, 4) is 0 Å². The number of nitrogens with zero attached hydrogens (tertiary/aromatic N) is 3. The molecule has 1 N–H and O–H groups in total. The molecule has 4 rings (SSSR count). The van der Waals surface area contributed by atoms with E-state index in [2.05, 4.69) is 26.2 Å². The smallest absolute Gasteiger partial charge is 0.257 e. The highest BCUT2D eigenvalue weighted by Crippen LogP contribution is 2.30. The van der Waals surface area contributed by atoms with Crippen molar-refractivity contribution in [2.24, 2.45) is 7.05 Å². The van der Waals surface area contributed by atoms with Crippen LogP contribution in [0.2, 0.25) is 0 Å². The first kappa shape index (κ1) is 20.6. The predicted molar refractivity (Wildman–Crippen MR) is 117 cm³/mol. The molecule has 1 aromatic carbocycles. The third kappa shape index (κ3) is 3.87. The third-order valence-corrected chi connectivity index (χ3v) is 5.72.